The Balaban J connectivity index is 1.50. The average Bonchev–Trinajstić information content (AvgIpc) is 3.45. The van der Waals surface area contributed by atoms with E-state index in [9.17, 15) is 13.2 Å². The number of hydrogen-bond donors (Lipinski definition) is 0. The maximum absolute atomic E-state index is 13.6. The molecule has 8 nitrogen and oxygen atoms in total. The fraction of sp³-hybridized carbons (Fsp3) is 0.318. The van der Waals surface area contributed by atoms with Crippen LogP contribution < -0.4 is 4.90 Å². The number of rotatable bonds is 6. The number of carbonyl (C=O) groups excluding carboxylic acids is 1. The number of fused-ring (bicyclic) bond motifs is 2. The molecule has 1 saturated heterocycles. The Hall–Kier alpha value is -2.44. The van der Waals surface area contributed by atoms with Crippen molar-refractivity contribution in [3.63, 3.8) is 0 Å². The largest absolute Gasteiger partial charge is 0.379 e. The maximum atomic E-state index is 13.6. The summed E-state index contributed by atoms with van der Waals surface area (Å²) in [5, 5.41) is 0.554. The summed E-state index contributed by atoms with van der Waals surface area (Å²) in [6.07, 6.45) is 1.18. The molecule has 1 aliphatic heterocycles. The van der Waals surface area contributed by atoms with E-state index in [1.165, 1.54) is 28.9 Å². The molecule has 11 heteroatoms. The van der Waals surface area contributed by atoms with Crippen LogP contribution >= 0.6 is 22.7 Å². The van der Waals surface area contributed by atoms with Crippen molar-refractivity contribution in [2.45, 2.75) is 4.90 Å². The Bertz CT molecular complexity index is 1420. The van der Waals surface area contributed by atoms with Crippen LogP contribution in [0, 0.1) is 0 Å². The van der Waals surface area contributed by atoms with Crippen molar-refractivity contribution in [3.8, 4) is 0 Å². The highest BCUT2D eigenvalue weighted by atomic mass is 32.2. The zero-order valence-electron chi connectivity index (χ0n) is 17.9. The van der Waals surface area contributed by atoms with Gasteiger partial charge in [-0.15, -0.1) is 11.3 Å². The van der Waals surface area contributed by atoms with Gasteiger partial charge < -0.3 is 4.74 Å². The molecule has 0 atom stereocenters. The SMILES string of the molecule is CS(=O)(=O)c1ccc2nc(N(CCN3CCOCC3)C(=O)c3ccc4ncsc4c3)sc2c1. The predicted molar refractivity (Wildman–Crippen MR) is 131 cm³/mol. The number of hydrogen-bond acceptors (Lipinski definition) is 9. The van der Waals surface area contributed by atoms with Crippen LogP contribution in [0.25, 0.3) is 20.4 Å². The van der Waals surface area contributed by atoms with Gasteiger partial charge in [0.2, 0.25) is 0 Å². The highest BCUT2D eigenvalue weighted by Gasteiger charge is 2.24. The molecular formula is C22H22N4O4S3. The molecule has 3 heterocycles. The Morgan fingerprint density at radius 1 is 1.12 bits per heavy atom. The van der Waals surface area contributed by atoms with Crippen molar-refractivity contribution in [2.75, 3.05) is 50.5 Å². The fourth-order valence-electron chi connectivity index (χ4n) is 3.73. The molecule has 1 fully saturated rings. The van der Waals surface area contributed by atoms with Gasteiger partial charge in [0, 0.05) is 38.0 Å². The Kier molecular flexibility index (Phi) is 6.14. The third-order valence-electron chi connectivity index (χ3n) is 5.57. The molecule has 0 N–H and O–H groups in total. The number of benzene rings is 2. The second-order valence-electron chi connectivity index (χ2n) is 7.84. The molecule has 1 amide bonds. The van der Waals surface area contributed by atoms with E-state index >= 15 is 0 Å². The topological polar surface area (TPSA) is 92.7 Å². The van der Waals surface area contributed by atoms with Gasteiger partial charge in [-0.1, -0.05) is 11.3 Å². The molecular weight excluding hydrogens is 480 g/mol. The summed E-state index contributed by atoms with van der Waals surface area (Å²) in [7, 11) is -3.33. The lowest BCUT2D eigenvalue weighted by molar-refractivity contribution is 0.0391. The van der Waals surface area contributed by atoms with Crippen LogP contribution in [-0.2, 0) is 14.6 Å². The summed E-state index contributed by atoms with van der Waals surface area (Å²) in [6, 6.07) is 10.4. The minimum absolute atomic E-state index is 0.138. The lowest BCUT2D eigenvalue weighted by Gasteiger charge is -2.29. The maximum Gasteiger partial charge on any atom is 0.260 e. The molecule has 172 valence electrons. The molecule has 0 radical (unpaired) electrons. The first-order chi connectivity index (χ1) is 15.9. The van der Waals surface area contributed by atoms with Gasteiger partial charge >= 0.3 is 0 Å². The zero-order valence-corrected chi connectivity index (χ0v) is 20.4. The summed E-state index contributed by atoms with van der Waals surface area (Å²) in [5.74, 6) is -0.138. The van der Waals surface area contributed by atoms with E-state index in [-0.39, 0.29) is 10.8 Å². The molecule has 0 spiro atoms. The molecule has 0 bridgehead atoms. The van der Waals surface area contributed by atoms with Crippen molar-refractivity contribution in [1.29, 1.82) is 0 Å². The Labute approximate surface area is 199 Å². The monoisotopic (exact) mass is 502 g/mol. The van der Waals surface area contributed by atoms with Crippen LogP contribution in [0.2, 0.25) is 0 Å². The number of carbonyl (C=O) groups is 1. The van der Waals surface area contributed by atoms with Gasteiger partial charge in [-0.2, -0.15) is 0 Å². The molecule has 5 rings (SSSR count). The second kappa shape index (κ2) is 9.07. The number of anilines is 1. The quantitative estimate of drug-likeness (QED) is 0.399. The number of amides is 1. The molecule has 33 heavy (non-hydrogen) atoms. The highest BCUT2D eigenvalue weighted by molar-refractivity contribution is 7.90. The van der Waals surface area contributed by atoms with Crippen molar-refractivity contribution in [1.82, 2.24) is 14.9 Å². The first kappa shape index (κ1) is 22.4. The van der Waals surface area contributed by atoms with E-state index < -0.39 is 9.84 Å². The molecule has 2 aromatic heterocycles. The molecule has 1 aliphatic rings. The molecule has 0 saturated carbocycles. The number of morpholine rings is 1. The van der Waals surface area contributed by atoms with E-state index in [0.717, 1.165) is 28.0 Å². The lowest BCUT2D eigenvalue weighted by atomic mass is 10.2. The fourth-order valence-corrected chi connectivity index (χ4v) is 6.20. The van der Waals surface area contributed by atoms with Crippen LogP contribution in [0.5, 0.6) is 0 Å². The molecule has 2 aromatic carbocycles. The molecule has 0 aliphatic carbocycles. The molecule has 0 unspecified atom stereocenters. The van der Waals surface area contributed by atoms with Crippen molar-refractivity contribution in [3.05, 3.63) is 47.5 Å². The van der Waals surface area contributed by atoms with Crippen LogP contribution in [0.1, 0.15) is 10.4 Å². The number of sulfone groups is 1. The summed E-state index contributed by atoms with van der Waals surface area (Å²) in [5.41, 5.74) is 3.88. The van der Waals surface area contributed by atoms with E-state index in [4.69, 9.17) is 4.74 Å². The normalized spacial score (nSPS) is 15.3. The van der Waals surface area contributed by atoms with E-state index in [2.05, 4.69) is 14.9 Å². The third kappa shape index (κ3) is 4.78. The second-order valence-corrected chi connectivity index (χ2v) is 11.8. The van der Waals surface area contributed by atoms with Crippen LogP contribution in [0.3, 0.4) is 0 Å². The van der Waals surface area contributed by atoms with Gasteiger partial charge in [0.25, 0.3) is 5.91 Å². The number of thiazole rings is 2. The first-order valence-corrected chi connectivity index (χ1v) is 14.0. The van der Waals surface area contributed by atoms with Crippen molar-refractivity contribution >= 4 is 64.0 Å². The number of ether oxygens (including phenoxy) is 1. The number of nitrogens with zero attached hydrogens (tertiary/aromatic N) is 4. The van der Waals surface area contributed by atoms with E-state index in [1.807, 2.05) is 12.1 Å². The summed E-state index contributed by atoms with van der Waals surface area (Å²) in [4.78, 5) is 26.8. The van der Waals surface area contributed by atoms with Crippen molar-refractivity contribution < 1.29 is 17.9 Å². The summed E-state index contributed by atoms with van der Waals surface area (Å²) >= 11 is 2.82. The van der Waals surface area contributed by atoms with Crippen LogP contribution in [0.15, 0.2) is 46.8 Å². The predicted octanol–water partition coefficient (Wildman–Crippen LogP) is 3.29. The summed E-state index contributed by atoms with van der Waals surface area (Å²) in [6.45, 7) is 4.19. The Morgan fingerprint density at radius 2 is 1.91 bits per heavy atom. The standard InChI is InChI=1S/C22H22N4O4S3/c1-33(28,29)16-3-5-18-20(13-16)32-22(24-18)26(7-6-25-8-10-30-11-9-25)21(27)15-2-4-17-19(12-15)31-14-23-17/h2-5,12-14H,6-11H2,1H3. The van der Waals surface area contributed by atoms with Crippen LogP contribution in [-0.4, -0.2) is 74.8 Å². The number of aromatic nitrogens is 2. The zero-order chi connectivity index (χ0) is 23.0. The Morgan fingerprint density at radius 3 is 2.70 bits per heavy atom. The van der Waals surface area contributed by atoms with E-state index in [0.29, 0.717) is 42.5 Å². The van der Waals surface area contributed by atoms with Gasteiger partial charge in [0.1, 0.15) is 0 Å². The van der Waals surface area contributed by atoms with Gasteiger partial charge in [-0.3, -0.25) is 14.6 Å². The highest BCUT2D eigenvalue weighted by Crippen LogP contribution is 2.32. The molecule has 4 aromatic rings. The summed E-state index contributed by atoms with van der Waals surface area (Å²) < 4.78 is 31.1. The average molecular weight is 503 g/mol. The minimum atomic E-state index is -3.33. The lowest BCUT2D eigenvalue weighted by Crippen LogP contribution is -2.43. The van der Waals surface area contributed by atoms with E-state index in [1.54, 1.807) is 34.7 Å². The first-order valence-electron chi connectivity index (χ1n) is 10.4. The van der Waals surface area contributed by atoms with Gasteiger partial charge in [0.15, 0.2) is 15.0 Å². The van der Waals surface area contributed by atoms with Gasteiger partial charge in [0.05, 0.1) is 44.1 Å². The van der Waals surface area contributed by atoms with Gasteiger partial charge in [-0.25, -0.2) is 18.4 Å². The minimum Gasteiger partial charge on any atom is -0.379 e. The van der Waals surface area contributed by atoms with Crippen molar-refractivity contribution in [2.24, 2.45) is 0 Å². The van der Waals surface area contributed by atoms with Gasteiger partial charge in [-0.05, 0) is 36.4 Å². The third-order valence-corrected chi connectivity index (χ3v) is 8.52. The smallest absolute Gasteiger partial charge is 0.260 e. The van der Waals surface area contributed by atoms with Crippen LogP contribution in [0.4, 0.5) is 5.13 Å².